The fourth-order valence-corrected chi connectivity index (χ4v) is 3.15. The highest BCUT2D eigenvalue weighted by Gasteiger charge is 2.35. The predicted octanol–water partition coefficient (Wildman–Crippen LogP) is 5.97. The Morgan fingerprint density at radius 2 is 1.67 bits per heavy atom. The number of hydrogen-bond donors (Lipinski definition) is 1. The number of anilines is 1. The van der Waals surface area contributed by atoms with Crippen molar-refractivity contribution in [3.8, 4) is 5.75 Å². The lowest BCUT2D eigenvalue weighted by Crippen LogP contribution is -2.28. The van der Waals surface area contributed by atoms with Gasteiger partial charge < -0.3 is 14.8 Å². The Hall–Kier alpha value is -3.52. The van der Waals surface area contributed by atoms with Gasteiger partial charge in [0.15, 0.2) is 6.61 Å². The third-order valence-electron chi connectivity index (χ3n) is 4.57. The average Bonchev–Trinajstić information content (AvgIpc) is 2.78. The van der Waals surface area contributed by atoms with E-state index in [1.165, 1.54) is 18.2 Å². The molecule has 33 heavy (non-hydrogen) atoms. The first kappa shape index (κ1) is 24.1. The van der Waals surface area contributed by atoms with Gasteiger partial charge in [-0.05, 0) is 36.8 Å². The Labute approximate surface area is 193 Å². The van der Waals surface area contributed by atoms with Gasteiger partial charge in [0.05, 0.1) is 11.3 Å². The van der Waals surface area contributed by atoms with Gasteiger partial charge in [-0.2, -0.15) is 13.2 Å². The molecular weight excluding hydrogens is 459 g/mol. The molecule has 1 amide bonds. The van der Waals surface area contributed by atoms with Crippen LogP contribution in [-0.4, -0.2) is 18.5 Å². The maximum Gasteiger partial charge on any atom is 0.418 e. The molecule has 3 aromatic rings. The zero-order chi connectivity index (χ0) is 24.0. The summed E-state index contributed by atoms with van der Waals surface area (Å²) in [5.41, 5.74) is -0.554. The summed E-state index contributed by atoms with van der Waals surface area (Å²) in [6, 6.07) is 17.9. The Kier molecular flexibility index (Phi) is 7.60. The highest BCUT2D eigenvalue weighted by atomic mass is 35.5. The monoisotopic (exact) mass is 477 g/mol. The molecule has 5 nitrogen and oxygen atoms in total. The smallest absolute Gasteiger partial charge is 0.418 e. The van der Waals surface area contributed by atoms with Gasteiger partial charge in [0.2, 0.25) is 6.10 Å². The molecular formula is C24H19ClF3NO4. The summed E-state index contributed by atoms with van der Waals surface area (Å²) >= 11 is 5.69. The molecule has 1 N–H and O–H groups in total. The Morgan fingerprint density at radius 1 is 1.00 bits per heavy atom. The summed E-state index contributed by atoms with van der Waals surface area (Å²) in [5, 5.41) is 2.06. The summed E-state index contributed by atoms with van der Waals surface area (Å²) < 4.78 is 50.9. The second-order valence-corrected chi connectivity index (χ2v) is 7.45. The van der Waals surface area contributed by atoms with Crippen LogP contribution >= 0.6 is 11.6 Å². The van der Waals surface area contributed by atoms with Gasteiger partial charge in [0.1, 0.15) is 5.75 Å². The number of para-hydroxylation sites is 1. The van der Waals surface area contributed by atoms with Crippen molar-refractivity contribution in [2.45, 2.75) is 19.2 Å². The number of ether oxygens (including phenoxy) is 2. The molecule has 0 aliphatic carbocycles. The highest BCUT2D eigenvalue weighted by molar-refractivity contribution is 6.30. The first-order chi connectivity index (χ1) is 15.6. The van der Waals surface area contributed by atoms with Crippen LogP contribution in [-0.2, 0) is 20.5 Å². The molecule has 3 rings (SSSR count). The van der Waals surface area contributed by atoms with Crippen molar-refractivity contribution in [2.24, 2.45) is 0 Å². The van der Waals surface area contributed by atoms with Gasteiger partial charge in [0, 0.05) is 10.6 Å². The van der Waals surface area contributed by atoms with Crippen molar-refractivity contribution >= 4 is 29.2 Å². The number of alkyl halides is 3. The molecule has 9 heteroatoms. The van der Waals surface area contributed by atoms with Crippen molar-refractivity contribution in [2.75, 3.05) is 11.9 Å². The fraction of sp³-hybridized carbons (Fsp3) is 0.167. The minimum Gasteiger partial charge on any atom is -0.482 e. The van der Waals surface area contributed by atoms with E-state index in [1.807, 2.05) is 6.07 Å². The molecule has 0 heterocycles. The lowest BCUT2D eigenvalue weighted by Gasteiger charge is -2.20. The Morgan fingerprint density at radius 3 is 2.33 bits per heavy atom. The van der Waals surface area contributed by atoms with E-state index < -0.39 is 42.0 Å². The molecule has 172 valence electrons. The zero-order valence-electron chi connectivity index (χ0n) is 17.4. The number of hydrogen-bond acceptors (Lipinski definition) is 4. The number of halogens is 4. The van der Waals surface area contributed by atoms with E-state index in [9.17, 15) is 22.8 Å². The van der Waals surface area contributed by atoms with E-state index in [1.54, 1.807) is 43.3 Å². The van der Waals surface area contributed by atoms with Crippen molar-refractivity contribution in [3.63, 3.8) is 0 Å². The molecule has 0 spiro atoms. The normalized spacial score (nSPS) is 12.0. The molecule has 0 unspecified atom stereocenters. The molecule has 0 saturated carbocycles. The van der Waals surface area contributed by atoms with Crippen LogP contribution in [0.4, 0.5) is 18.9 Å². The number of benzene rings is 3. The number of amides is 1. The van der Waals surface area contributed by atoms with E-state index >= 15 is 0 Å². The molecule has 0 saturated heterocycles. The van der Waals surface area contributed by atoms with Crippen LogP contribution in [0.15, 0.2) is 72.8 Å². The van der Waals surface area contributed by atoms with E-state index in [0.29, 0.717) is 11.8 Å². The molecule has 0 aliphatic heterocycles. The molecule has 1 atom stereocenters. The Balaban J connectivity index is 1.80. The molecule has 0 aromatic heterocycles. The van der Waals surface area contributed by atoms with E-state index in [4.69, 9.17) is 21.1 Å². The van der Waals surface area contributed by atoms with Crippen molar-refractivity contribution in [1.82, 2.24) is 0 Å². The third-order valence-corrected chi connectivity index (χ3v) is 4.81. The summed E-state index contributed by atoms with van der Waals surface area (Å²) in [4.78, 5) is 25.3. The fourth-order valence-electron chi connectivity index (χ4n) is 2.98. The highest BCUT2D eigenvalue weighted by Crippen LogP contribution is 2.37. The topological polar surface area (TPSA) is 64.6 Å². The quantitative estimate of drug-likeness (QED) is 0.426. The molecule has 0 aliphatic rings. The first-order valence-corrected chi connectivity index (χ1v) is 10.1. The summed E-state index contributed by atoms with van der Waals surface area (Å²) in [7, 11) is 0. The van der Waals surface area contributed by atoms with Crippen molar-refractivity contribution in [1.29, 1.82) is 0 Å². The van der Waals surface area contributed by atoms with Gasteiger partial charge in [-0.1, -0.05) is 60.1 Å². The number of esters is 1. The van der Waals surface area contributed by atoms with Gasteiger partial charge in [-0.3, -0.25) is 4.79 Å². The van der Waals surface area contributed by atoms with Crippen LogP contribution < -0.4 is 10.1 Å². The van der Waals surface area contributed by atoms with E-state index in [0.717, 1.165) is 11.6 Å². The second-order valence-electron chi connectivity index (χ2n) is 7.01. The SMILES string of the molecule is Cc1ccccc1OCC(=O)O[C@H](C(=O)Nc1ccc(Cl)cc1C(F)(F)F)c1ccccc1. The number of aryl methyl sites for hydroxylation is 1. The van der Waals surface area contributed by atoms with Crippen LogP contribution in [0.5, 0.6) is 5.75 Å². The van der Waals surface area contributed by atoms with Crippen molar-refractivity contribution in [3.05, 3.63) is 94.5 Å². The van der Waals surface area contributed by atoms with E-state index in [-0.39, 0.29) is 10.6 Å². The number of rotatable bonds is 7. The van der Waals surface area contributed by atoms with Gasteiger partial charge in [-0.25, -0.2) is 4.79 Å². The van der Waals surface area contributed by atoms with Gasteiger partial charge in [-0.15, -0.1) is 0 Å². The summed E-state index contributed by atoms with van der Waals surface area (Å²) in [5.74, 6) is -1.36. The molecule has 0 bridgehead atoms. The van der Waals surface area contributed by atoms with Crippen molar-refractivity contribution < 1.29 is 32.2 Å². The minimum absolute atomic E-state index is 0.139. The van der Waals surface area contributed by atoms with E-state index in [2.05, 4.69) is 5.32 Å². The number of carbonyl (C=O) groups excluding carboxylic acids is 2. The summed E-state index contributed by atoms with van der Waals surface area (Å²) in [6.45, 7) is 1.31. The number of nitrogens with one attached hydrogen (secondary N) is 1. The van der Waals surface area contributed by atoms with Crippen LogP contribution in [0, 0.1) is 6.92 Å². The van der Waals surface area contributed by atoms with Crippen LogP contribution in [0.3, 0.4) is 0 Å². The lowest BCUT2D eigenvalue weighted by atomic mass is 10.1. The minimum atomic E-state index is -4.76. The van der Waals surface area contributed by atoms with Gasteiger partial charge in [0.25, 0.3) is 5.91 Å². The predicted molar refractivity (Wildman–Crippen MR) is 117 cm³/mol. The standard InChI is InChI=1S/C24H19ClF3NO4/c1-15-7-5-6-10-20(15)32-14-21(30)33-22(16-8-3-2-4-9-16)23(31)29-19-12-11-17(25)13-18(19)24(26,27)28/h2-13,22H,14H2,1H3,(H,29,31)/t22-/m0/s1. The first-order valence-electron chi connectivity index (χ1n) is 9.75. The van der Waals surface area contributed by atoms with Crippen LogP contribution in [0.2, 0.25) is 5.02 Å². The molecule has 0 fully saturated rings. The van der Waals surface area contributed by atoms with Crippen LogP contribution in [0.1, 0.15) is 22.8 Å². The summed E-state index contributed by atoms with van der Waals surface area (Å²) in [6.07, 6.45) is -6.26. The average molecular weight is 478 g/mol. The Bertz CT molecular complexity index is 1140. The van der Waals surface area contributed by atoms with Gasteiger partial charge >= 0.3 is 12.1 Å². The maximum absolute atomic E-state index is 13.4. The number of carbonyl (C=O) groups is 2. The second kappa shape index (κ2) is 10.4. The largest absolute Gasteiger partial charge is 0.482 e. The maximum atomic E-state index is 13.4. The van der Waals surface area contributed by atoms with Crippen LogP contribution in [0.25, 0.3) is 0 Å². The lowest BCUT2D eigenvalue weighted by molar-refractivity contribution is -0.156. The molecule has 3 aromatic carbocycles. The molecule has 0 radical (unpaired) electrons. The third kappa shape index (κ3) is 6.49. The zero-order valence-corrected chi connectivity index (χ0v) is 18.1.